The Bertz CT molecular complexity index is 626. The van der Waals surface area contributed by atoms with Crippen molar-refractivity contribution in [3.05, 3.63) is 68.1 Å². The second-order valence-electron chi connectivity index (χ2n) is 4.43. The molecule has 0 spiro atoms. The molecule has 0 fully saturated rings. The first-order valence-corrected chi connectivity index (χ1v) is 8.00. The number of hydrogen-bond donors (Lipinski definition) is 1. The number of benzene rings is 2. The number of aryl methyl sites for hydroxylation is 1. The summed E-state index contributed by atoms with van der Waals surface area (Å²) < 4.78 is 1.68. The van der Waals surface area contributed by atoms with Crippen LogP contribution in [-0.2, 0) is 13.0 Å². The van der Waals surface area contributed by atoms with Crippen LogP contribution in [0.4, 0.5) is 0 Å². The molecule has 2 aromatic rings. The van der Waals surface area contributed by atoms with Crippen molar-refractivity contribution in [3.63, 3.8) is 0 Å². The van der Waals surface area contributed by atoms with E-state index in [0.29, 0.717) is 12.1 Å². The highest BCUT2D eigenvalue weighted by Gasteiger charge is 2.10. The van der Waals surface area contributed by atoms with Gasteiger partial charge in [-0.05, 0) is 51.7 Å². The standard InChI is InChI=1S/C16H15Br2NO/c1-2-11-5-3-4-6-12(11)10-19-16(20)14-9-13(17)7-8-15(14)18/h3-9H,2,10H2,1H3,(H,19,20). The molecule has 0 radical (unpaired) electrons. The Kier molecular flexibility index (Phi) is 5.38. The molecule has 104 valence electrons. The molecule has 0 heterocycles. The zero-order valence-electron chi connectivity index (χ0n) is 11.1. The van der Waals surface area contributed by atoms with Gasteiger partial charge in [-0.3, -0.25) is 4.79 Å². The van der Waals surface area contributed by atoms with Crippen LogP contribution in [0.1, 0.15) is 28.4 Å². The van der Waals surface area contributed by atoms with Crippen LogP contribution in [-0.4, -0.2) is 5.91 Å². The molecule has 0 aliphatic heterocycles. The lowest BCUT2D eigenvalue weighted by Crippen LogP contribution is -2.23. The van der Waals surface area contributed by atoms with Crippen molar-refractivity contribution in [2.45, 2.75) is 19.9 Å². The Morgan fingerprint density at radius 2 is 1.80 bits per heavy atom. The SMILES string of the molecule is CCc1ccccc1CNC(=O)c1cc(Br)ccc1Br. The van der Waals surface area contributed by atoms with Crippen LogP contribution < -0.4 is 5.32 Å². The zero-order valence-corrected chi connectivity index (χ0v) is 14.3. The predicted molar refractivity (Wildman–Crippen MR) is 88.8 cm³/mol. The molecule has 20 heavy (non-hydrogen) atoms. The lowest BCUT2D eigenvalue weighted by atomic mass is 10.1. The Labute approximate surface area is 135 Å². The summed E-state index contributed by atoms with van der Waals surface area (Å²) in [7, 11) is 0. The normalized spacial score (nSPS) is 10.3. The van der Waals surface area contributed by atoms with Gasteiger partial charge in [0.15, 0.2) is 0 Å². The first kappa shape index (κ1) is 15.3. The van der Waals surface area contributed by atoms with Crippen molar-refractivity contribution >= 4 is 37.8 Å². The molecule has 0 saturated carbocycles. The van der Waals surface area contributed by atoms with Gasteiger partial charge < -0.3 is 5.32 Å². The Balaban J connectivity index is 2.11. The van der Waals surface area contributed by atoms with Gasteiger partial charge in [-0.25, -0.2) is 0 Å². The molecule has 4 heteroatoms. The molecule has 0 atom stereocenters. The van der Waals surface area contributed by atoms with Gasteiger partial charge in [-0.15, -0.1) is 0 Å². The third kappa shape index (κ3) is 3.70. The van der Waals surface area contributed by atoms with E-state index in [1.54, 1.807) is 0 Å². The maximum Gasteiger partial charge on any atom is 0.252 e. The molecular weight excluding hydrogens is 382 g/mol. The summed E-state index contributed by atoms with van der Waals surface area (Å²) in [5.74, 6) is -0.0796. The third-order valence-corrected chi connectivity index (χ3v) is 4.30. The Morgan fingerprint density at radius 3 is 2.50 bits per heavy atom. The third-order valence-electron chi connectivity index (χ3n) is 3.11. The number of carbonyl (C=O) groups excluding carboxylic acids is 1. The Hall–Kier alpha value is -1.13. The van der Waals surface area contributed by atoms with E-state index in [1.165, 1.54) is 5.56 Å². The van der Waals surface area contributed by atoms with Gasteiger partial charge in [0.1, 0.15) is 0 Å². The minimum atomic E-state index is -0.0796. The quantitative estimate of drug-likeness (QED) is 0.796. The largest absolute Gasteiger partial charge is 0.348 e. The Morgan fingerprint density at radius 1 is 1.10 bits per heavy atom. The molecule has 1 N–H and O–H groups in total. The lowest BCUT2D eigenvalue weighted by molar-refractivity contribution is 0.0950. The molecule has 2 aromatic carbocycles. The van der Waals surface area contributed by atoms with Gasteiger partial charge in [0.25, 0.3) is 5.91 Å². The summed E-state index contributed by atoms with van der Waals surface area (Å²) in [6.07, 6.45) is 0.965. The number of hydrogen-bond acceptors (Lipinski definition) is 1. The summed E-state index contributed by atoms with van der Waals surface area (Å²) in [5.41, 5.74) is 3.06. The van der Waals surface area contributed by atoms with E-state index in [9.17, 15) is 4.79 Å². The number of nitrogens with one attached hydrogen (secondary N) is 1. The van der Waals surface area contributed by atoms with Crippen molar-refractivity contribution in [2.24, 2.45) is 0 Å². The molecule has 1 amide bonds. The molecule has 2 rings (SSSR count). The van der Waals surface area contributed by atoms with Crippen molar-refractivity contribution < 1.29 is 4.79 Å². The van der Waals surface area contributed by atoms with Crippen LogP contribution in [0.2, 0.25) is 0 Å². The molecule has 0 aliphatic carbocycles. The summed E-state index contributed by atoms with van der Waals surface area (Å²) in [6.45, 7) is 2.66. The predicted octanol–water partition coefficient (Wildman–Crippen LogP) is 4.70. The topological polar surface area (TPSA) is 29.1 Å². The maximum absolute atomic E-state index is 12.2. The first-order chi connectivity index (χ1) is 9.61. The smallest absolute Gasteiger partial charge is 0.252 e. The number of halogens is 2. The van der Waals surface area contributed by atoms with E-state index < -0.39 is 0 Å². The highest BCUT2D eigenvalue weighted by Crippen LogP contribution is 2.21. The highest BCUT2D eigenvalue weighted by atomic mass is 79.9. The number of amides is 1. The van der Waals surface area contributed by atoms with Gasteiger partial charge in [0, 0.05) is 15.5 Å². The fraction of sp³-hybridized carbons (Fsp3) is 0.188. The second-order valence-corrected chi connectivity index (χ2v) is 6.20. The number of rotatable bonds is 4. The van der Waals surface area contributed by atoms with Crippen molar-refractivity contribution in [1.82, 2.24) is 5.32 Å². The molecule has 0 saturated heterocycles. The zero-order chi connectivity index (χ0) is 14.5. The molecule has 0 unspecified atom stereocenters. The summed E-state index contributed by atoms with van der Waals surface area (Å²) in [5, 5.41) is 2.97. The summed E-state index contributed by atoms with van der Waals surface area (Å²) in [6, 6.07) is 13.7. The van der Waals surface area contributed by atoms with E-state index in [1.807, 2.05) is 30.3 Å². The van der Waals surface area contributed by atoms with E-state index in [-0.39, 0.29) is 5.91 Å². The lowest BCUT2D eigenvalue weighted by Gasteiger charge is -2.10. The minimum Gasteiger partial charge on any atom is -0.348 e. The second kappa shape index (κ2) is 7.04. The van der Waals surface area contributed by atoms with Gasteiger partial charge in [-0.1, -0.05) is 47.1 Å². The van der Waals surface area contributed by atoms with E-state index >= 15 is 0 Å². The molecule has 2 nitrogen and oxygen atoms in total. The van der Waals surface area contributed by atoms with Gasteiger partial charge in [-0.2, -0.15) is 0 Å². The first-order valence-electron chi connectivity index (χ1n) is 6.42. The van der Waals surface area contributed by atoms with Crippen molar-refractivity contribution in [3.8, 4) is 0 Å². The van der Waals surface area contributed by atoms with Crippen LogP contribution in [0, 0.1) is 0 Å². The van der Waals surface area contributed by atoms with Crippen LogP contribution in [0.15, 0.2) is 51.4 Å². The van der Waals surface area contributed by atoms with Crippen molar-refractivity contribution in [2.75, 3.05) is 0 Å². The van der Waals surface area contributed by atoms with E-state index in [0.717, 1.165) is 20.9 Å². The van der Waals surface area contributed by atoms with E-state index in [2.05, 4.69) is 56.2 Å². The fourth-order valence-corrected chi connectivity index (χ4v) is 2.80. The average molecular weight is 397 g/mol. The molecule has 0 aromatic heterocycles. The summed E-state index contributed by atoms with van der Waals surface area (Å²) >= 11 is 6.79. The molecular formula is C16H15Br2NO. The van der Waals surface area contributed by atoms with Crippen LogP contribution in [0.5, 0.6) is 0 Å². The van der Waals surface area contributed by atoms with Crippen LogP contribution in [0.25, 0.3) is 0 Å². The molecule has 0 aliphatic rings. The fourth-order valence-electron chi connectivity index (χ4n) is 2.02. The van der Waals surface area contributed by atoms with Crippen LogP contribution >= 0.6 is 31.9 Å². The van der Waals surface area contributed by atoms with Crippen LogP contribution in [0.3, 0.4) is 0 Å². The minimum absolute atomic E-state index is 0.0796. The average Bonchev–Trinajstić information content (AvgIpc) is 2.47. The van der Waals surface area contributed by atoms with Gasteiger partial charge in [0.05, 0.1) is 5.56 Å². The van der Waals surface area contributed by atoms with Crippen molar-refractivity contribution in [1.29, 1.82) is 0 Å². The maximum atomic E-state index is 12.2. The van der Waals surface area contributed by atoms with E-state index in [4.69, 9.17) is 0 Å². The number of carbonyl (C=O) groups is 1. The summed E-state index contributed by atoms with van der Waals surface area (Å²) in [4.78, 5) is 12.2. The highest BCUT2D eigenvalue weighted by molar-refractivity contribution is 9.11. The molecule has 0 bridgehead atoms. The van der Waals surface area contributed by atoms with Gasteiger partial charge >= 0.3 is 0 Å². The monoisotopic (exact) mass is 395 g/mol. The van der Waals surface area contributed by atoms with Gasteiger partial charge in [0.2, 0.25) is 0 Å².